The van der Waals surface area contributed by atoms with Crippen LogP contribution in [0.15, 0.2) is 22.2 Å². The van der Waals surface area contributed by atoms with Gasteiger partial charge in [-0.1, -0.05) is 6.92 Å². The highest BCUT2D eigenvalue weighted by Gasteiger charge is 2.06. The van der Waals surface area contributed by atoms with E-state index in [-0.39, 0.29) is 5.56 Å². The summed E-state index contributed by atoms with van der Waals surface area (Å²) in [5.74, 6) is 1.84. The topological polar surface area (TPSA) is 34.9 Å². The summed E-state index contributed by atoms with van der Waals surface area (Å²) in [4.78, 5) is 15.5. The van der Waals surface area contributed by atoms with Gasteiger partial charge < -0.3 is 4.57 Å². The van der Waals surface area contributed by atoms with Crippen LogP contribution in [0.3, 0.4) is 0 Å². The summed E-state index contributed by atoms with van der Waals surface area (Å²) >= 11 is 7.14. The monoisotopic (exact) mass is 232 g/mol. The van der Waals surface area contributed by atoms with Crippen molar-refractivity contribution in [1.82, 2.24) is 9.55 Å². The molecule has 1 unspecified atom stereocenters. The molecule has 0 spiro atoms. The first-order valence-corrected chi connectivity index (χ1v) is 5.87. The molecule has 0 bridgehead atoms. The van der Waals surface area contributed by atoms with Crippen molar-refractivity contribution in [3.8, 4) is 0 Å². The molecule has 1 rings (SSSR count). The van der Waals surface area contributed by atoms with E-state index in [2.05, 4.69) is 4.98 Å². The van der Waals surface area contributed by atoms with Gasteiger partial charge in [0.1, 0.15) is 0 Å². The quantitative estimate of drug-likeness (QED) is 0.586. The third-order valence-electron chi connectivity index (χ3n) is 1.75. The van der Waals surface area contributed by atoms with Gasteiger partial charge in [-0.2, -0.15) is 0 Å². The minimum atomic E-state index is -0.0423. The molecule has 0 aromatic carbocycles. The van der Waals surface area contributed by atoms with Gasteiger partial charge in [0, 0.05) is 31.1 Å². The molecule has 5 heteroatoms. The zero-order chi connectivity index (χ0) is 10.6. The van der Waals surface area contributed by atoms with Crippen LogP contribution >= 0.6 is 23.4 Å². The van der Waals surface area contributed by atoms with Gasteiger partial charge in [-0.15, -0.1) is 23.4 Å². The van der Waals surface area contributed by atoms with Gasteiger partial charge in [-0.3, -0.25) is 4.79 Å². The Bertz CT molecular complexity index is 353. The Labute approximate surface area is 92.5 Å². The van der Waals surface area contributed by atoms with Gasteiger partial charge in [0.15, 0.2) is 5.03 Å². The Morgan fingerprint density at radius 1 is 1.71 bits per heavy atom. The van der Waals surface area contributed by atoms with E-state index in [4.69, 9.17) is 11.6 Å². The average Bonchev–Trinajstić information content (AvgIpc) is 2.20. The van der Waals surface area contributed by atoms with Crippen LogP contribution in [0.4, 0.5) is 0 Å². The third kappa shape index (κ3) is 3.03. The zero-order valence-corrected chi connectivity index (χ0v) is 9.81. The van der Waals surface area contributed by atoms with Gasteiger partial charge >= 0.3 is 0 Å². The lowest BCUT2D eigenvalue weighted by atomic mass is 10.3. The predicted octanol–water partition coefficient (Wildman–Crippen LogP) is 1.75. The van der Waals surface area contributed by atoms with Crippen LogP contribution in [-0.2, 0) is 7.05 Å². The molecule has 0 saturated carbocycles. The second kappa shape index (κ2) is 5.41. The minimum absolute atomic E-state index is 0.0423. The molecular formula is C9H13ClN2OS. The van der Waals surface area contributed by atoms with Gasteiger partial charge in [0.2, 0.25) is 0 Å². The number of nitrogens with zero attached hydrogens (tertiary/aromatic N) is 2. The Balaban J connectivity index is 2.68. The third-order valence-corrected chi connectivity index (χ3v) is 3.57. The van der Waals surface area contributed by atoms with Crippen molar-refractivity contribution in [1.29, 1.82) is 0 Å². The Kier molecular flexibility index (Phi) is 4.48. The summed E-state index contributed by atoms with van der Waals surface area (Å²) in [6, 6.07) is 0. The summed E-state index contributed by atoms with van der Waals surface area (Å²) in [5, 5.41) is 0.548. The smallest absolute Gasteiger partial charge is 0.282 e. The number of thioether (sulfide) groups is 1. The van der Waals surface area contributed by atoms with E-state index >= 15 is 0 Å². The molecule has 0 fully saturated rings. The molecule has 1 heterocycles. The van der Waals surface area contributed by atoms with Crippen molar-refractivity contribution in [2.75, 3.05) is 11.6 Å². The number of hydrogen-bond acceptors (Lipinski definition) is 3. The lowest BCUT2D eigenvalue weighted by Crippen LogP contribution is -2.19. The van der Waals surface area contributed by atoms with Crippen LogP contribution in [0.2, 0.25) is 0 Å². The maximum Gasteiger partial charge on any atom is 0.282 e. The zero-order valence-electron chi connectivity index (χ0n) is 8.24. The SMILES string of the molecule is CC(CCl)CSc1nccn(C)c1=O. The van der Waals surface area contributed by atoms with Crippen LogP contribution in [-0.4, -0.2) is 21.2 Å². The summed E-state index contributed by atoms with van der Waals surface area (Å²) < 4.78 is 1.53. The van der Waals surface area contributed by atoms with Crippen molar-refractivity contribution in [2.45, 2.75) is 11.9 Å². The molecule has 1 atom stereocenters. The first-order chi connectivity index (χ1) is 6.65. The van der Waals surface area contributed by atoms with Crippen LogP contribution in [0.1, 0.15) is 6.92 Å². The van der Waals surface area contributed by atoms with Crippen molar-refractivity contribution in [2.24, 2.45) is 13.0 Å². The van der Waals surface area contributed by atoms with Gasteiger partial charge in [0.25, 0.3) is 5.56 Å². The predicted molar refractivity (Wildman–Crippen MR) is 60.1 cm³/mol. The highest BCUT2D eigenvalue weighted by molar-refractivity contribution is 7.99. The van der Waals surface area contributed by atoms with E-state index in [1.165, 1.54) is 16.3 Å². The standard InChI is InChI=1S/C9H13ClN2OS/c1-7(5-10)6-14-8-9(13)12(2)4-3-11-8/h3-4,7H,5-6H2,1-2H3. The highest BCUT2D eigenvalue weighted by Crippen LogP contribution is 2.15. The molecule has 1 aromatic rings. The normalized spacial score (nSPS) is 12.8. The molecular weight excluding hydrogens is 220 g/mol. The van der Waals surface area contributed by atoms with E-state index in [9.17, 15) is 4.79 Å². The lowest BCUT2D eigenvalue weighted by Gasteiger charge is -2.05. The van der Waals surface area contributed by atoms with Crippen molar-refractivity contribution in [3.63, 3.8) is 0 Å². The van der Waals surface area contributed by atoms with E-state index in [1.54, 1.807) is 19.4 Å². The lowest BCUT2D eigenvalue weighted by molar-refractivity contribution is 0.752. The van der Waals surface area contributed by atoms with Gasteiger partial charge in [-0.25, -0.2) is 4.98 Å². The molecule has 1 aromatic heterocycles. The Morgan fingerprint density at radius 2 is 2.43 bits per heavy atom. The summed E-state index contributed by atoms with van der Waals surface area (Å²) in [7, 11) is 1.72. The second-order valence-electron chi connectivity index (χ2n) is 3.22. The Morgan fingerprint density at radius 3 is 3.07 bits per heavy atom. The van der Waals surface area contributed by atoms with E-state index in [1.807, 2.05) is 6.92 Å². The Hall–Kier alpha value is -0.480. The van der Waals surface area contributed by atoms with E-state index in [0.29, 0.717) is 16.8 Å². The molecule has 0 saturated heterocycles. The second-order valence-corrected chi connectivity index (χ2v) is 4.54. The number of alkyl halides is 1. The fraction of sp³-hybridized carbons (Fsp3) is 0.556. The number of aryl methyl sites for hydroxylation is 1. The molecule has 0 aliphatic rings. The summed E-state index contributed by atoms with van der Waals surface area (Å²) in [6.45, 7) is 2.05. The molecule has 78 valence electrons. The minimum Gasteiger partial charge on any atom is -0.315 e. The molecule has 0 aliphatic carbocycles. The molecule has 0 N–H and O–H groups in total. The fourth-order valence-electron chi connectivity index (χ4n) is 0.840. The van der Waals surface area contributed by atoms with Crippen molar-refractivity contribution < 1.29 is 0 Å². The van der Waals surface area contributed by atoms with Crippen LogP contribution in [0.5, 0.6) is 0 Å². The van der Waals surface area contributed by atoms with E-state index in [0.717, 1.165) is 5.75 Å². The molecule has 0 radical (unpaired) electrons. The van der Waals surface area contributed by atoms with Gasteiger partial charge in [0.05, 0.1) is 0 Å². The molecule has 0 amide bonds. The first-order valence-electron chi connectivity index (χ1n) is 4.35. The number of rotatable bonds is 4. The maximum atomic E-state index is 11.5. The van der Waals surface area contributed by atoms with Crippen molar-refractivity contribution in [3.05, 3.63) is 22.7 Å². The summed E-state index contributed by atoms with van der Waals surface area (Å²) in [6.07, 6.45) is 3.28. The summed E-state index contributed by atoms with van der Waals surface area (Å²) in [5.41, 5.74) is -0.0423. The largest absolute Gasteiger partial charge is 0.315 e. The van der Waals surface area contributed by atoms with Crippen molar-refractivity contribution >= 4 is 23.4 Å². The maximum absolute atomic E-state index is 11.5. The van der Waals surface area contributed by atoms with Crippen LogP contribution < -0.4 is 5.56 Å². The fourth-order valence-corrected chi connectivity index (χ4v) is 2.04. The first kappa shape index (κ1) is 11.6. The number of aromatic nitrogens is 2. The number of halogens is 1. The average molecular weight is 233 g/mol. The number of hydrogen-bond donors (Lipinski definition) is 0. The van der Waals surface area contributed by atoms with Crippen LogP contribution in [0.25, 0.3) is 0 Å². The highest BCUT2D eigenvalue weighted by atomic mass is 35.5. The molecule has 3 nitrogen and oxygen atoms in total. The molecule has 14 heavy (non-hydrogen) atoms. The van der Waals surface area contributed by atoms with E-state index < -0.39 is 0 Å². The molecule has 0 aliphatic heterocycles. The van der Waals surface area contributed by atoms with Crippen LogP contribution in [0, 0.1) is 5.92 Å². The van der Waals surface area contributed by atoms with Gasteiger partial charge in [-0.05, 0) is 5.92 Å².